The van der Waals surface area contributed by atoms with Gasteiger partial charge in [0.1, 0.15) is 0 Å². The Morgan fingerprint density at radius 2 is 1.95 bits per heavy atom. The smallest absolute Gasteiger partial charge is 0.243 e. The Morgan fingerprint density at radius 3 is 2.57 bits per heavy atom. The van der Waals surface area contributed by atoms with Crippen molar-refractivity contribution in [3.8, 4) is 0 Å². The number of nitrogens with zero attached hydrogens (tertiary/aromatic N) is 1. The molecule has 1 saturated heterocycles. The van der Waals surface area contributed by atoms with Crippen LogP contribution in [0.2, 0.25) is 0 Å². The van der Waals surface area contributed by atoms with Gasteiger partial charge >= 0.3 is 0 Å². The van der Waals surface area contributed by atoms with Crippen LogP contribution in [0.15, 0.2) is 17.0 Å². The summed E-state index contributed by atoms with van der Waals surface area (Å²) in [6, 6.07) is 3.23. The van der Waals surface area contributed by atoms with Gasteiger partial charge in [-0.3, -0.25) is 0 Å². The van der Waals surface area contributed by atoms with Gasteiger partial charge in [-0.05, 0) is 55.9 Å². The van der Waals surface area contributed by atoms with E-state index in [1.165, 1.54) is 4.31 Å². The van der Waals surface area contributed by atoms with Gasteiger partial charge in [0.05, 0.1) is 11.0 Å². The SMILES string of the molecule is Cc1cc(S(=O)(=O)N2CC3CCC(O)C3C2)cc(N)c1C. The number of anilines is 1. The van der Waals surface area contributed by atoms with Crippen molar-refractivity contribution >= 4 is 15.7 Å². The maximum atomic E-state index is 12.8. The Kier molecular flexibility index (Phi) is 3.50. The van der Waals surface area contributed by atoms with Crippen LogP contribution in [0.1, 0.15) is 24.0 Å². The van der Waals surface area contributed by atoms with Crippen LogP contribution in [0.3, 0.4) is 0 Å². The normalized spacial score (nSPS) is 29.8. The summed E-state index contributed by atoms with van der Waals surface area (Å²) in [5.74, 6) is 0.377. The number of rotatable bonds is 2. The Bertz CT molecular complexity index is 648. The van der Waals surface area contributed by atoms with E-state index in [1.54, 1.807) is 12.1 Å². The number of aryl methyl sites for hydroxylation is 1. The lowest BCUT2D eigenvalue weighted by Crippen LogP contribution is -2.31. The zero-order valence-electron chi connectivity index (χ0n) is 12.4. The van der Waals surface area contributed by atoms with Gasteiger partial charge < -0.3 is 10.8 Å². The molecule has 2 fully saturated rings. The lowest BCUT2D eigenvalue weighted by molar-refractivity contribution is 0.129. The molecule has 5 nitrogen and oxygen atoms in total. The van der Waals surface area contributed by atoms with E-state index in [4.69, 9.17) is 5.73 Å². The second-order valence-electron chi connectivity index (χ2n) is 6.35. The molecule has 1 aliphatic heterocycles. The van der Waals surface area contributed by atoms with Crippen LogP contribution in [-0.4, -0.2) is 37.0 Å². The predicted molar refractivity (Wildman–Crippen MR) is 81.3 cm³/mol. The first-order valence-electron chi connectivity index (χ1n) is 7.35. The topological polar surface area (TPSA) is 83.6 Å². The Morgan fingerprint density at radius 1 is 1.24 bits per heavy atom. The molecule has 1 aromatic rings. The number of fused-ring (bicyclic) bond motifs is 1. The number of aliphatic hydroxyl groups is 1. The fourth-order valence-corrected chi connectivity index (χ4v) is 5.20. The molecule has 0 amide bonds. The van der Waals surface area contributed by atoms with E-state index in [0.29, 0.717) is 24.7 Å². The highest BCUT2D eigenvalue weighted by atomic mass is 32.2. The van der Waals surface area contributed by atoms with Gasteiger partial charge in [0, 0.05) is 24.7 Å². The van der Waals surface area contributed by atoms with Crippen LogP contribution in [-0.2, 0) is 10.0 Å². The molecule has 1 aromatic carbocycles. The van der Waals surface area contributed by atoms with Gasteiger partial charge in [0.2, 0.25) is 10.0 Å². The van der Waals surface area contributed by atoms with Gasteiger partial charge in [0.15, 0.2) is 0 Å². The van der Waals surface area contributed by atoms with Gasteiger partial charge in [-0.15, -0.1) is 0 Å². The van der Waals surface area contributed by atoms with Gasteiger partial charge in [-0.25, -0.2) is 8.42 Å². The second kappa shape index (κ2) is 4.97. The van der Waals surface area contributed by atoms with Gasteiger partial charge in [-0.1, -0.05) is 0 Å². The fraction of sp³-hybridized carbons (Fsp3) is 0.600. The largest absolute Gasteiger partial charge is 0.398 e. The predicted octanol–water partition coefficient (Wildman–Crippen LogP) is 1.28. The number of hydrogen-bond acceptors (Lipinski definition) is 4. The van der Waals surface area contributed by atoms with Crippen LogP contribution in [0, 0.1) is 25.7 Å². The van der Waals surface area contributed by atoms with Gasteiger partial charge in [-0.2, -0.15) is 4.31 Å². The average molecular weight is 310 g/mol. The molecule has 1 heterocycles. The standard InChI is InChI=1S/C15H22N2O3S/c1-9-5-12(6-14(16)10(9)2)21(19,20)17-7-11-3-4-15(18)13(11)8-17/h5-6,11,13,15,18H,3-4,7-8,16H2,1-2H3. The quantitative estimate of drug-likeness (QED) is 0.806. The van der Waals surface area contributed by atoms with Crippen molar-refractivity contribution in [2.45, 2.75) is 37.7 Å². The van der Waals surface area contributed by atoms with E-state index in [1.807, 2.05) is 13.8 Å². The number of hydrogen-bond donors (Lipinski definition) is 2. The number of benzene rings is 1. The summed E-state index contributed by atoms with van der Waals surface area (Å²) in [5, 5.41) is 9.94. The van der Waals surface area contributed by atoms with Gasteiger partial charge in [0.25, 0.3) is 0 Å². The summed E-state index contributed by atoms with van der Waals surface area (Å²) in [6.45, 7) is 4.68. The molecule has 0 bridgehead atoms. The summed E-state index contributed by atoms with van der Waals surface area (Å²) in [5.41, 5.74) is 8.22. The summed E-state index contributed by atoms with van der Waals surface area (Å²) in [6.07, 6.45) is 1.34. The monoisotopic (exact) mass is 310 g/mol. The van der Waals surface area contributed by atoms with Crippen LogP contribution in [0.4, 0.5) is 5.69 Å². The minimum absolute atomic E-state index is 0.0867. The third-order valence-corrected chi connectivity index (χ3v) is 6.91. The Hall–Kier alpha value is -1.11. The molecule has 3 rings (SSSR count). The third kappa shape index (κ3) is 2.35. The molecule has 1 saturated carbocycles. The second-order valence-corrected chi connectivity index (χ2v) is 8.28. The first-order chi connectivity index (χ1) is 9.80. The lowest BCUT2D eigenvalue weighted by atomic mass is 10.00. The molecule has 3 N–H and O–H groups in total. The summed E-state index contributed by atoms with van der Waals surface area (Å²) in [7, 11) is -3.52. The van der Waals surface area contributed by atoms with Crippen LogP contribution in [0.5, 0.6) is 0 Å². The maximum absolute atomic E-state index is 12.8. The minimum Gasteiger partial charge on any atom is -0.398 e. The van der Waals surface area contributed by atoms with Crippen molar-refractivity contribution in [3.63, 3.8) is 0 Å². The molecule has 2 aliphatic rings. The summed E-state index contributed by atoms with van der Waals surface area (Å²) in [4.78, 5) is 0.262. The van der Waals surface area contributed by atoms with Crippen molar-refractivity contribution in [3.05, 3.63) is 23.3 Å². The molecular weight excluding hydrogens is 288 g/mol. The third-order valence-electron chi connectivity index (χ3n) is 5.10. The van der Waals surface area contributed by atoms with E-state index >= 15 is 0 Å². The van der Waals surface area contributed by atoms with Crippen LogP contribution >= 0.6 is 0 Å². The molecular formula is C15H22N2O3S. The molecule has 0 spiro atoms. The molecule has 6 heteroatoms. The summed E-state index contributed by atoms with van der Waals surface area (Å²) >= 11 is 0. The van der Waals surface area contributed by atoms with Crippen molar-refractivity contribution in [1.29, 1.82) is 0 Å². The molecule has 0 aromatic heterocycles. The highest BCUT2D eigenvalue weighted by Crippen LogP contribution is 2.40. The fourth-order valence-electron chi connectivity index (χ4n) is 3.54. The van der Waals surface area contributed by atoms with E-state index in [-0.39, 0.29) is 16.9 Å². The Labute approximate surface area is 125 Å². The Balaban J connectivity index is 1.92. The first kappa shape index (κ1) is 14.8. The molecule has 116 valence electrons. The average Bonchev–Trinajstić information content (AvgIpc) is 2.98. The van der Waals surface area contributed by atoms with Crippen LogP contribution in [0.25, 0.3) is 0 Å². The molecule has 21 heavy (non-hydrogen) atoms. The highest BCUT2D eigenvalue weighted by molar-refractivity contribution is 7.89. The number of sulfonamides is 1. The minimum atomic E-state index is -3.52. The maximum Gasteiger partial charge on any atom is 0.243 e. The number of nitrogens with two attached hydrogens (primary N) is 1. The zero-order chi connectivity index (χ0) is 15.4. The lowest BCUT2D eigenvalue weighted by Gasteiger charge is -2.19. The summed E-state index contributed by atoms with van der Waals surface area (Å²) < 4.78 is 27.1. The van der Waals surface area contributed by atoms with Crippen molar-refractivity contribution in [1.82, 2.24) is 4.31 Å². The molecule has 3 atom stereocenters. The van der Waals surface area contributed by atoms with E-state index < -0.39 is 10.0 Å². The highest BCUT2D eigenvalue weighted by Gasteiger charge is 2.45. The number of nitrogen functional groups attached to an aromatic ring is 1. The number of aliphatic hydroxyl groups excluding tert-OH is 1. The molecule has 1 aliphatic carbocycles. The van der Waals surface area contributed by atoms with E-state index in [2.05, 4.69) is 0 Å². The van der Waals surface area contributed by atoms with Crippen molar-refractivity contribution in [2.24, 2.45) is 11.8 Å². The molecule has 3 unspecified atom stereocenters. The first-order valence-corrected chi connectivity index (χ1v) is 8.79. The van der Waals surface area contributed by atoms with E-state index in [0.717, 1.165) is 24.0 Å². The zero-order valence-corrected chi connectivity index (χ0v) is 13.2. The molecule has 0 radical (unpaired) electrons. The van der Waals surface area contributed by atoms with Crippen molar-refractivity contribution in [2.75, 3.05) is 18.8 Å². The van der Waals surface area contributed by atoms with Crippen molar-refractivity contribution < 1.29 is 13.5 Å². The van der Waals surface area contributed by atoms with E-state index in [9.17, 15) is 13.5 Å². The van der Waals surface area contributed by atoms with Crippen LogP contribution < -0.4 is 5.73 Å².